The molecule has 1 aliphatic heterocycles. The van der Waals surface area contributed by atoms with Crippen LogP contribution in [0.4, 0.5) is 11.4 Å². The van der Waals surface area contributed by atoms with Crippen LogP contribution in [-0.2, 0) is 4.79 Å². The predicted octanol–water partition coefficient (Wildman–Crippen LogP) is 2.22. The Balaban J connectivity index is 1.73. The highest BCUT2D eigenvalue weighted by molar-refractivity contribution is 6.23. The number of carbonyl (C=O) groups is 4. The lowest BCUT2D eigenvalue weighted by atomic mass is 10.1. The lowest BCUT2D eigenvalue weighted by Gasteiger charge is -2.15. The largest absolute Gasteiger partial charge is 0.352 e. The smallest absolute Gasteiger partial charge is 0.270 e. The summed E-state index contributed by atoms with van der Waals surface area (Å²) in [7, 11) is 0. The number of carbonyl (C=O) groups excluding carboxylic acids is 4. The number of non-ortho nitro benzene ring substituents is 1. The van der Waals surface area contributed by atoms with Gasteiger partial charge in [-0.05, 0) is 24.1 Å². The molecule has 0 bridgehead atoms. The number of hydrogen-bond acceptors (Lipinski definition) is 6. The summed E-state index contributed by atoms with van der Waals surface area (Å²) in [6.07, 6.45) is 0. The zero-order chi connectivity index (χ0) is 22.7. The summed E-state index contributed by atoms with van der Waals surface area (Å²) in [6.45, 7) is 3.76. The van der Waals surface area contributed by atoms with Gasteiger partial charge >= 0.3 is 0 Å². The molecule has 160 valence electrons. The Hall–Kier alpha value is -4.08. The van der Waals surface area contributed by atoms with Crippen molar-refractivity contribution < 1.29 is 24.1 Å². The Morgan fingerprint density at radius 3 is 2.42 bits per heavy atom. The molecule has 1 heterocycles. The number of nitro benzene ring substituents is 1. The minimum atomic E-state index is -0.790. The quantitative estimate of drug-likeness (QED) is 0.397. The van der Waals surface area contributed by atoms with Crippen LogP contribution in [0.15, 0.2) is 42.5 Å². The van der Waals surface area contributed by atoms with E-state index < -0.39 is 29.2 Å². The summed E-state index contributed by atoms with van der Waals surface area (Å²) >= 11 is 0. The monoisotopic (exact) mass is 424 g/mol. The van der Waals surface area contributed by atoms with E-state index in [1.165, 1.54) is 12.1 Å². The molecule has 10 nitrogen and oxygen atoms in total. The molecule has 2 N–H and O–H groups in total. The van der Waals surface area contributed by atoms with Gasteiger partial charge in [-0.3, -0.25) is 34.2 Å². The molecule has 0 saturated heterocycles. The van der Waals surface area contributed by atoms with Crippen molar-refractivity contribution in [1.82, 2.24) is 10.2 Å². The lowest BCUT2D eigenvalue weighted by molar-refractivity contribution is -0.384. The maximum Gasteiger partial charge on any atom is 0.270 e. The molecule has 0 unspecified atom stereocenters. The van der Waals surface area contributed by atoms with Crippen LogP contribution in [0, 0.1) is 16.0 Å². The molecule has 0 saturated carbocycles. The van der Waals surface area contributed by atoms with Gasteiger partial charge in [0.25, 0.3) is 23.4 Å². The molecule has 3 rings (SSSR count). The van der Waals surface area contributed by atoms with Gasteiger partial charge in [0, 0.05) is 18.7 Å². The first-order valence-corrected chi connectivity index (χ1v) is 9.50. The minimum Gasteiger partial charge on any atom is -0.352 e. The molecule has 31 heavy (non-hydrogen) atoms. The number of fused-ring (bicyclic) bond motifs is 1. The van der Waals surface area contributed by atoms with E-state index in [0.29, 0.717) is 11.4 Å². The van der Waals surface area contributed by atoms with Crippen LogP contribution >= 0.6 is 0 Å². The Morgan fingerprint density at radius 2 is 1.74 bits per heavy atom. The van der Waals surface area contributed by atoms with Crippen molar-refractivity contribution in [3.63, 3.8) is 0 Å². The van der Waals surface area contributed by atoms with Gasteiger partial charge in [0.05, 0.1) is 27.3 Å². The highest BCUT2D eigenvalue weighted by Crippen LogP contribution is 2.26. The van der Waals surface area contributed by atoms with Crippen LogP contribution in [-0.4, -0.2) is 46.5 Å². The van der Waals surface area contributed by atoms with Crippen LogP contribution in [0.2, 0.25) is 0 Å². The number of amides is 4. The molecule has 0 aromatic heterocycles. The fourth-order valence-corrected chi connectivity index (χ4v) is 3.05. The molecule has 2 aromatic carbocycles. The van der Waals surface area contributed by atoms with Crippen molar-refractivity contribution in [1.29, 1.82) is 0 Å². The average molecular weight is 424 g/mol. The number of rotatable bonds is 7. The Kier molecular flexibility index (Phi) is 6.10. The van der Waals surface area contributed by atoms with Crippen molar-refractivity contribution in [2.45, 2.75) is 13.8 Å². The molecular formula is C21H20N4O6. The summed E-state index contributed by atoms with van der Waals surface area (Å²) in [5.74, 6) is -2.31. The predicted molar refractivity (Wildman–Crippen MR) is 111 cm³/mol. The standard InChI is InChI=1S/C21H20N4O6/c1-12(2)10-22-19(27)15-5-3-4-6-17(15)23-18(26)11-24-20(28)14-8-7-13(25(30)31)9-16(14)21(24)29/h3-9,12H,10-11H2,1-2H3,(H,22,27)(H,23,26). The summed E-state index contributed by atoms with van der Waals surface area (Å²) < 4.78 is 0. The van der Waals surface area contributed by atoms with Gasteiger partial charge in [-0.15, -0.1) is 0 Å². The van der Waals surface area contributed by atoms with Crippen molar-refractivity contribution in [3.8, 4) is 0 Å². The summed E-state index contributed by atoms with van der Waals surface area (Å²) in [6, 6.07) is 9.70. The van der Waals surface area contributed by atoms with E-state index in [9.17, 15) is 29.3 Å². The SMILES string of the molecule is CC(C)CNC(=O)c1ccccc1NC(=O)CN1C(=O)c2ccc([N+](=O)[O-])cc2C1=O. The van der Waals surface area contributed by atoms with Crippen LogP contribution in [0.3, 0.4) is 0 Å². The van der Waals surface area contributed by atoms with Gasteiger partial charge in [-0.25, -0.2) is 0 Å². The first kappa shape index (κ1) is 21.6. The highest BCUT2D eigenvalue weighted by Gasteiger charge is 2.37. The third-order valence-corrected chi connectivity index (χ3v) is 4.58. The van der Waals surface area contributed by atoms with Gasteiger partial charge in [0.1, 0.15) is 6.54 Å². The molecule has 2 aromatic rings. The van der Waals surface area contributed by atoms with Gasteiger partial charge in [0.2, 0.25) is 5.91 Å². The van der Waals surface area contributed by atoms with E-state index in [0.717, 1.165) is 12.1 Å². The molecule has 0 fully saturated rings. The molecule has 0 spiro atoms. The van der Waals surface area contributed by atoms with Crippen LogP contribution in [0.25, 0.3) is 0 Å². The zero-order valence-corrected chi connectivity index (χ0v) is 16.9. The van der Waals surface area contributed by atoms with E-state index in [1.54, 1.807) is 18.2 Å². The van der Waals surface area contributed by atoms with Crippen molar-refractivity contribution in [2.24, 2.45) is 5.92 Å². The molecule has 4 amide bonds. The van der Waals surface area contributed by atoms with E-state index in [4.69, 9.17) is 0 Å². The second kappa shape index (κ2) is 8.74. The molecule has 1 aliphatic rings. The lowest BCUT2D eigenvalue weighted by Crippen LogP contribution is -2.37. The Morgan fingerprint density at radius 1 is 1.06 bits per heavy atom. The molecular weight excluding hydrogens is 404 g/mol. The number of benzene rings is 2. The van der Waals surface area contributed by atoms with Gasteiger partial charge in [0.15, 0.2) is 0 Å². The number of anilines is 1. The van der Waals surface area contributed by atoms with E-state index in [-0.39, 0.29) is 39.9 Å². The van der Waals surface area contributed by atoms with Gasteiger partial charge < -0.3 is 10.6 Å². The van der Waals surface area contributed by atoms with Crippen molar-refractivity contribution in [3.05, 3.63) is 69.3 Å². The molecule has 0 aliphatic carbocycles. The number of nitrogens with zero attached hydrogens (tertiary/aromatic N) is 2. The average Bonchev–Trinajstić information content (AvgIpc) is 2.96. The van der Waals surface area contributed by atoms with Crippen molar-refractivity contribution >= 4 is 35.0 Å². The first-order chi connectivity index (χ1) is 14.7. The maximum absolute atomic E-state index is 12.5. The fraction of sp³-hybridized carbons (Fsp3) is 0.238. The van der Waals surface area contributed by atoms with E-state index >= 15 is 0 Å². The third-order valence-electron chi connectivity index (χ3n) is 4.58. The van der Waals surface area contributed by atoms with Crippen LogP contribution in [0.5, 0.6) is 0 Å². The summed E-state index contributed by atoms with van der Waals surface area (Å²) in [5.41, 5.74) is 0.0281. The first-order valence-electron chi connectivity index (χ1n) is 9.50. The Labute approximate surface area is 177 Å². The number of para-hydroxylation sites is 1. The number of nitro groups is 1. The highest BCUT2D eigenvalue weighted by atomic mass is 16.6. The second-order valence-corrected chi connectivity index (χ2v) is 7.38. The molecule has 0 radical (unpaired) electrons. The van der Waals surface area contributed by atoms with Gasteiger partial charge in [-0.1, -0.05) is 26.0 Å². The van der Waals surface area contributed by atoms with Gasteiger partial charge in [-0.2, -0.15) is 0 Å². The topological polar surface area (TPSA) is 139 Å². The number of nitrogens with one attached hydrogen (secondary N) is 2. The molecule has 10 heteroatoms. The maximum atomic E-state index is 12.5. The van der Waals surface area contributed by atoms with Crippen LogP contribution in [0.1, 0.15) is 44.9 Å². The fourth-order valence-electron chi connectivity index (χ4n) is 3.05. The van der Waals surface area contributed by atoms with E-state index in [2.05, 4.69) is 10.6 Å². The van der Waals surface area contributed by atoms with E-state index in [1.807, 2.05) is 13.8 Å². The normalized spacial score (nSPS) is 12.7. The summed E-state index contributed by atoms with van der Waals surface area (Å²) in [5, 5.41) is 16.2. The Bertz CT molecular complexity index is 1100. The third kappa shape index (κ3) is 4.58. The number of imide groups is 1. The van der Waals surface area contributed by atoms with Crippen LogP contribution < -0.4 is 10.6 Å². The van der Waals surface area contributed by atoms with Crippen molar-refractivity contribution in [2.75, 3.05) is 18.4 Å². The summed E-state index contributed by atoms with van der Waals surface area (Å²) in [4.78, 5) is 60.9. The number of hydrogen-bond donors (Lipinski definition) is 2. The minimum absolute atomic E-state index is 0.00290. The molecule has 0 atom stereocenters. The second-order valence-electron chi connectivity index (χ2n) is 7.38. The zero-order valence-electron chi connectivity index (χ0n) is 16.9.